The van der Waals surface area contributed by atoms with E-state index in [1.165, 1.54) is 0 Å². The number of fused-ring (bicyclic) bond motifs is 1. The number of urea groups is 1. The Morgan fingerprint density at radius 3 is 2.80 bits per heavy atom. The van der Waals surface area contributed by atoms with Crippen molar-refractivity contribution in [2.75, 3.05) is 12.0 Å². The minimum Gasteiger partial charge on any atom is -0.469 e. The Bertz CT molecular complexity index is 525. The Labute approximate surface area is 116 Å². The molecule has 7 heteroatoms. The molecule has 0 radical (unpaired) electrons. The molecule has 1 aliphatic heterocycles. The van der Waals surface area contributed by atoms with E-state index in [1.807, 2.05) is 0 Å². The highest BCUT2D eigenvalue weighted by Gasteiger charge is 2.24. The lowest BCUT2D eigenvalue weighted by molar-refractivity contribution is 0.0294. The molecule has 108 valence electrons. The van der Waals surface area contributed by atoms with Crippen molar-refractivity contribution in [3.8, 4) is 5.75 Å². The van der Waals surface area contributed by atoms with E-state index in [0.29, 0.717) is 11.4 Å². The second-order valence-corrected chi connectivity index (χ2v) is 5.24. The van der Waals surface area contributed by atoms with Crippen LogP contribution in [0.1, 0.15) is 20.8 Å². The third-order valence-electron chi connectivity index (χ3n) is 2.35. The highest BCUT2D eigenvalue weighted by atomic mass is 16.6. The van der Waals surface area contributed by atoms with Crippen LogP contribution in [0.2, 0.25) is 0 Å². The van der Waals surface area contributed by atoms with E-state index in [4.69, 9.17) is 9.47 Å². The molecule has 1 heterocycles. The molecule has 3 amide bonds. The summed E-state index contributed by atoms with van der Waals surface area (Å²) in [6.07, 6.45) is -0.720. The summed E-state index contributed by atoms with van der Waals surface area (Å²) in [4.78, 5) is 23.6. The molecule has 7 nitrogen and oxygen atoms in total. The van der Waals surface area contributed by atoms with Crippen LogP contribution >= 0.6 is 0 Å². The van der Waals surface area contributed by atoms with E-state index in [9.17, 15) is 9.59 Å². The van der Waals surface area contributed by atoms with Crippen LogP contribution in [-0.4, -0.2) is 29.5 Å². The molecule has 0 saturated heterocycles. The number of amides is 3. The topological polar surface area (TPSA) is 79.9 Å². The predicted molar refractivity (Wildman–Crippen MR) is 72.2 cm³/mol. The van der Waals surface area contributed by atoms with Crippen LogP contribution in [0.5, 0.6) is 5.75 Å². The van der Waals surface area contributed by atoms with E-state index in [-0.39, 0.29) is 6.73 Å². The highest BCUT2D eigenvalue weighted by molar-refractivity contribution is 5.92. The summed E-state index contributed by atoms with van der Waals surface area (Å²) in [6.45, 7) is 5.10. The Balaban J connectivity index is 2.02. The molecule has 20 heavy (non-hydrogen) atoms. The summed E-state index contributed by atoms with van der Waals surface area (Å²) in [6, 6.07) is 6.51. The highest BCUT2D eigenvalue weighted by Crippen LogP contribution is 2.25. The van der Waals surface area contributed by atoms with E-state index < -0.39 is 17.7 Å². The van der Waals surface area contributed by atoms with Crippen LogP contribution in [0.15, 0.2) is 24.3 Å². The van der Waals surface area contributed by atoms with Gasteiger partial charge in [-0.1, -0.05) is 12.1 Å². The molecule has 1 aliphatic rings. The van der Waals surface area contributed by atoms with Crippen molar-refractivity contribution in [1.82, 2.24) is 10.4 Å². The lowest BCUT2D eigenvalue weighted by Crippen LogP contribution is -2.50. The summed E-state index contributed by atoms with van der Waals surface area (Å²) in [5, 5.41) is 3.64. The first-order valence-electron chi connectivity index (χ1n) is 6.15. The van der Waals surface area contributed by atoms with Crippen LogP contribution in [0, 0.1) is 0 Å². The number of benzene rings is 1. The van der Waals surface area contributed by atoms with E-state index >= 15 is 0 Å². The number of carbonyl (C=O) groups is 2. The molecule has 0 bridgehead atoms. The van der Waals surface area contributed by atoms with Crippen molar-refractivity contribution in [1.29, 1.82) is 0 Å². The first kappa shape index (κ1) is 14.0. The molecule has 1 aromatic rings. The van der Waals surface area contributed by atoms with Gasteiger partial charge in [0, 0.05) is 0 Å². The van der Waals surface area contributed by atoms with Gasteiger partial charge in [0.1, 0.15) is 11.4 Å². The fourth-order valence-corrected chi connectivity index (χ4v) is 1.57. The van der Waals surface area contributed by atoms with Crippen LogP contribution in [-0.2, 0) is 4.74 Å². The minimum absolute atomic E-state index is 0.109. The van der Waals surface area contributed by atoms with Gasteiger partial charge in [0.25, 0.3) is 0 Å². The number of nitrogens with one attached hydrogen (secondary N) is 2. The molecule has 0 atom stereocenters. The zero-order chi connectivity index (χ0) is 14.8. The van der Waals surface area contributed by atoms with Gasteiger partial charge in [0.05, 0.1) is 5.69 Å². The van der Waals surface area contributed by atoms with Gasteiger partial charge in [-0.3, -0.25) is 0 Å². The summed E-state index contributed by atoms with van der Waals surface area (Å²) in [7, 11) is 0. The van der Waals surface area contributed by atoms with Crippen LogP contribution in [0.4, 0.5) is 15.3 Å². The molecule has 1 aromatic carbocycles. The maximum absolute atomic E-state index is 11.9. The van der Waals surface area contributed by atoms with Crippen LogP contribution in [0.3, 0.4) is 0 Å². The normalized spacial score (nSPS) is 14.6. The van der Waals surface area contributed by atoms with Crippen molar-refractivity contribution in [3.63, 3.8) is 0 Å². The number of hydrogen-bond donors (Lipinski definition) is 2. The zero-order valence-corrected chi connectivity index (χ0v) is 11.6. The maximum Gasteiger partial charge on any atom is 0.426 e. The third-order valence-corrected chi connectivity index (χ3v) is 2.35. The number of para-hydroxylation sites is 2. The molecule has 0 spiro atoms. The Morgan fingerprint density at radius 1 is 1.40 bits per heavy atom. The minimum atomic E-state index is -0.720. The first-order valence-corrected chi connectivity index (χ1v) is 6.15. The van der Waals surface area contributed by atoms with E-state index in [0.717, 1.165) is 5.01 Å². The quantitative estimate of drug-likeness (QED) is 0.826. The number of anilines is 1. The lowest BCUT2D eigenvalue weighted by atomic mass is 10.2. The Morgan fingerprint density at radius 2 is 2.10 bits per heavy atom. The molecular formula is C13H17N3O4. The molecular weight excluding hydrogens is 262 g/mol. The van der Waals surface area contributed by atoms with E-state index in [1.54, 1.807) is 45.0 Å². The largest absolute Gasteiger partial charge is 0.469 e. The molecule has 0 fully saturated rings. The summed E-state index contributed by atoms with van der Waals surface area (Å²) < 4.78 is 10.5. The predicted octanol–water partition coefficient (Wildman–Crippen LogP) is 2.31. The maximum atomic E-state index is 11.9. The van der Waals surface area contributed by atoms with Gasteiger partial charge < -0.3 is 14.8 Å². The first-order chi connectivity index (χ1) is 9.35. The number of hydrogen-bond acceptors (Lipinski definition) is 4. The average Bonchev–Trinajstić information content (AvgIpc) is 2.47. The van der Waals surface area contributed by atoms with Crippen LogP contribution in [0.25, 0.3) is 0 Å². The van der Waals surface area contributed by atoms with Gasteiger partial charge in [-0.15, -0.1) is 0 Å². The molecule has 2 rings (SSSR count). The van der Waals surface area contributed by atoms with Gasteiger partial charge in [-0.05, 0) is 32.9 Å². The average molecular weight is 279 g/mol. The van der Waals surface area contributed by atoms with Crippen molar-refractivity contribution >= 4 is 17.8 Å². The van der Waals surface area contributed by atoms with Crippen molar-refractivity contribution in [2.24, 2.45) is 0 Å². The number of carbonyl (C=O) groups excluding carboxylic acids is 2. The monoisotopic (exact) mass is 279 g/mol. The SMILES string of the molecule is CC(C)(C)OC(=O)NN1COc2ccccc2NC1=O. The smallest absolute Gasteiger partial charge is 0.426 e. The Hall–Kier alpha value is -2.44. The molecule has 0 aliphatic carbocycles. The molecule has 0 aromatic heterocycles. The second kappa shape index (κ2) is 5.28. The van der Waals surface area contributed by atoms with Gasteiger partial charge >= 0.3 is 12.1 Å². The fourth-order valence-electron chi connectivity index (χ4n) is 1.57. The lowest BCUT2D eigenvalue weighted by Gasteiger charge is -2.24. The second-order valence-electron chi connectivity index (χ2n) is 5.24. The van der Waals surface area contributed by atoms with Gasteiger partial charge in [0.15, 0.2) is 6.73 Å². The molecule has 2 N–H and O–H groups in total. The van der Waals surface area contributed by atoms with Gasteiger partial charge in [-0.25, -0.2) is 15.0 Å². The van der Waals surface area contributed by atoms with Crippen molar-refractivity contribution in [3.05, 3.63) is 24.3 Å². The number of ether oxygens (including phenoxy) is 2. The zero-order valence-electron chi connectivity index (χ0n) is 11.6. The fraction of sp³-hybridized carbons (Fsp3) is 0.385. The summed E-state index contributed by atoms with van der Waals surface area (Å²) in [5.74, 6) is 0.536. The number of rotatable bonds is 1. The Kier molecular flexibility index (Phi) is 3.69. The van der Waals surface area contributed by atoms with E-state index in [2.05, 4.69) is 10.7 Å². The number of hydrazine groups is 1. The summed E-state index contributed by atoms with van der Waals surface area (Å²) in [5.41, 5.74) is 2.24. The molecule has 0 saturated carbocycles. The van der Waals surface area contributed by atoms with Crippen LogP contribution < -0.4 is 15.5 Å². The van der Waals surface area contributed by atoms with Gasteiger partial charge in [0.2, 0.25) is 0 Å². The van der Waals surface area contributed by atoms with Gasteiger partial charge in [-0.2, -0.15) is 5.01 Å². The summed E-state index contributed by atoms with van der Waals surface area (Å²) >= 11 is 0. The van der Waals surface area contributed by atoms with Crippen molar-refractivity contribution in [2.45, 2.75) is 26.4 Å². The van der Waals surface area contributed by atoms with Crippen molar-refractivity contribution < 1.29 is 19.1 Å². The third kappa shape index (κ3) is 3.53. The number of nitrogens with zero attached hydrogens (tertiary/aromatic N) is 1. The molecule has 0 unspecified atom stereocenters. The standard InChI is InChI=1S/C13H17N3O4/c1-13(2,3)20-12(18)15-16-8-19-10-7-5-4-6-9(10)14-11(16)17/h4-7H,8H2,1-3H3,(H,14,17)(H,15,18).